The molecule has 0 saturated carbocycles. The molecule has 5 nitrogen and oxygen atoms in total. The lowest BCUT2D eigenvalue weighted by Crippen LogP contribution is -2.26. The lowest BCUT2D eigenvalue weighted by atomic mass is 10.1. The molecule has 0 aromatic heterocycles. The van der Waals surface area contributed by atoms with Crippen LogP contribution in [0.3, 0.4) is 0 Å². The molecule has 7 heteroatoms. The number of carbonyl (C=O) groups is 2. The Morgan fingerprint density at radius 2 is 2.05 bits per heavy atom. The van der Waals surface area contributed by atoms with Gasteiger partial charge >= 0.3 is 5.97 Å². The zero-order valence-electron chi connectivity index (χ0n) is 10.2. The molecule has 0 saturated heterocycles. The van der Waals surface area contributed by atoms with E-state index in [4.69, 9.17) is 0 Å². The van der Waals surface area contributed by atoms with E-state index in [0.717, 1.165) is 0 Å². The van der Waals surface area contributed by atoms with Gasteiger partial charge in [-0.2, -0.15) is 0 Å². The van der Waals surface area contributed by atoms with E-state index < -0.39 is 34.8 Å². The molecular formula is C12H13F2NO4. The minimum absolute atomic E-state index is 0.101. The van der Waals surface area contributed by atoms with Gasteiger partial charge in [-0.15, -0.1) is 0 Å². The van der Waals surface area contributed by atoms with Gasteiger partial charge in [-0.25, -0.2) is 8.78 Å². The van der Waals surface area contributed by atoms with E-state index in [1.165, 1.54) is 7.11 Å². The molecule has 0 bridgehead atoms. The summed E-state index contributed by atoms with van der Waals surface area (Å²) in [5, 5.41) is 11.6. The van der Waals surface area contributed by atoms with Crippen LogP contribution in [0.1, 0.15) is 23.2 Å². The number of hydrogen-bond acceptors (Lipinski definition) is 4. The van der Waals surface area contributed by atoms with Crippen LogP contribution < -0.4 is 5.32 Å². The Labute approximate surface area is 108 Å². The smallest absolute Gasteiger partial charge is 0.305 e. The van der Waals surface area contributed by atoms with Crippen molar-refractivity contribution >= 4 is 11.9 Å². The number of methoxy groups -OCH3 is 1. The minimum atomic E-state index is -1.15. The number of phenols is 1. The zero-order valence-corrected chi connectivity index (χ0v) is 10.2. The molecule has 0 aliphatic rings. The number of carbonyl (C=O) groups excluding carboxylic acids is 2. The third-order valence-corrected chi connectivity index (χ3v) is 2.33. The minimum Gasteiger partial charge on any atom is -0.507 e. The van der Waals surface area contributed by atoms with E-state index in [1.54, 1.807) is 0 Å². The van der Waals surface area contributed by atoms with Gasteiger partial charge in [0.25, 0.3) is 5.91 Å². The highest BCUT2D eigenvalue weighted by molar-refractivity contribution is 5.97. The highest BCUT2D eigenvalue weighted by Crippen LogP contribution is 2.21. The first kappa shape index (κ1) is 14.9. The molecular weight excluding hydrogens is 260 g/mol. The summed E-state index contributed by atoms with van der Waals surface area (Å²) in [4.78, 5) is 22.4. The summed E-state index contributed by atoms with van der Waals surface area (Å²) in [6.45, 7) is 0.101. The SMILES string of the molecule is COC(=O)CCCNC(=O)c1c(O)cc(F)cc1F. The predicted octanol–water partition coefficient (Wildman–Crippen LogP) is 1.35. The lowest BCUT2D eigenvalue weighted by Gasteiger charge is -2.07. The maximum atomic E-state index is 13.3. The van der Waals surface area contributed by atoms with Gasteiger partial charge in [0.2, 0.25) is 0 Å². The van der Waals surface area contributed by atoms with Crippen LogP contribution in [-0.2, 0) is 9.53 Å². The van der Waals surface area contributed by atoms with Gasteiger partial charge in [0.1, 0.15) is 22.9 Å². The number of hydrogen-bond donors (Lipinski definition) is 2. The highest BCUT2D eigenvalue weighted by Gasteiger charge is 2.18. The fourth-order valence-corrected chi connectivity index (χ4v) is 1.41. The largest absolute Gasteiger partial charge is 0.507 e. The van der Waals surface area contributed by atoms with Gasteiger partial charge in [-0.05, 0) is 6.42 Å². The van der Waals surface area contributed by atoms with Gasteiger partial charge in [0.15, 0.2) is 0 Å². The number of esters is 1. The quantitative estimate of drug-likeness (QED) is 0.627. The predicted molar refractivity (Wildman–Crippen MR) is 61.6 cm³/mol. The number of phenolic OH excluding ortho intramolecular Hbond substituents is 1. The van der Waals surface area contributed by atoms with Crippen LogP contribution in [0.5, 0.6) is 5.75 Å². The number of amides is 1. The molecule has 0 unspecified atom stereocenters. The van der Waals surface area contributed by atoms with Crippen LogP contribution in [0.4, 0.5) is 8.78 Å². The molecule has 1 rings (SSSR count). The summed E-state index contributed by atoms with van der Waals surface area (Å²) in [7, 11) is 1.24. The van der Waals surface area contributed by atoms with E-state index in [2.05, 4.69) is 10.1 Å². The molecule has 19 heavy (non-hydrogen) atoms. The van der Waals surface area contributed by atoms with Gasteiger partial charge in [0, 0.05) is 25.1 Å². The molecule has 0 fully saturated rings. The fraction of sp³-hybridized carbons (Fsp3) is 0.333. The number of ether oxygens (including phenoxy) is 1. The second-order valence-corrected chi connectivity index (χ2v) is 3.72. The van der Waals surface area contributed by atoms with E-state index in [0.29, 0.717) is 18.6 Å². The number of aromatic hydroxyl groups is 1. The molecule has 0 aliphatic heterocycles. The maximum absolute atomic E-state index is 13.3. The van der Waals surface area contributed by atoms with Gasteiger partial charge < -0.3 is 15.2 Å². The molecule has 1 amide bonds. The Morgan fingerprint density at radius 3 is 2.63 bits per heavy atom. The average molecular weight is 273 g/mol. The number of nitrogens with one attached hydrogen (secondary N) is 1. The van der Waals surface area contributed by atoms with E-state index in [9.17, 15) is 23.5 Å². The topological polar surface area (TPSA) is 75.6 Å². The molecule has 0 aliphatic carbocycles. The first-order valence-electron chi connectivity index (χ1n) is 5.48. The molecule has 2 N–H and O–H groups in total. The molecule has 0 spiro atoms. The van der Waals surface area contributed by atoms with Gasteiger partial charge in [-0.1, -0.05) is 0 Å². The lowest BCUT2D eigenvalue weighted by molar-refractivity contribution is -0.140. The van der Waals surface area contributed by atoms with E-state index in [-0.39, 0.29) is 13.0 Å². The fourth-order valence-electron chi connectivity index (χ4n) is 1.41. The number of rotatable bonds is 5. The molecule has 0 radical (unpaired) electrons. The first-order valence-corrected chi connectivity index (χ1v) is 5.48. The third-order valence-electron chi connectivity index (χ3n) is 2.33. The van der Waals surface area contributed by atoms with Crippen molar-refractivity contribution in [2.24, 2.45) is 0 Å². The highest BCUT2D eigenvalue weighted by atomic mass is 19.1. The summed E-state index contributed by atoms with van der Waals surface area (Å²) >= 11 is 0. The average Bonchev–Trinajstić information content (AvgIpc) is 2.33. The van der Waals surface area contributed by atoms with Crippen molar-refractivity contribution in [2.45, 2.75) is 12.8 Å². The van der Waals surface area contributed by atoms with Crippen molar-refractivity contribution in [3.63, 3.8) is 0 Å². The van der Waals surface area contributed by atoms with Crippen LogP contribution in [-0.4, -0.2) is 30.6 Å². The number of halogens is 2. The second-order valence-electron chi connectivity index (χ2n) is 3.72. The van der Waals surface area contributed by atoms with Crippen molar-refractivity contribution in [3.05, 3.63) is 29.3 Å². The normalized spacial score (nSPS) is 10.1. The summed E-state index contributed by atoms with van der Waals surface area (Å²) in [6.07, 6.45) is 0.413. The maximum Gasteiger partial charge on any atom is 0.305 e. The first-order chi connectivity index (χ1) is 8.95. The van der Waals surface area contributed by atoms with E-state index >= 15 is 0 Å². The Balaban J connectivity index is 2.57. The summed E-state index contributed by atoms with van der Waals surface area (Å²) in [6, 6.07) is 1.15. The molecule has 104 valence electrons. The molecule has 0 heterocycles. The van der Waals surface area contributed by atoms with Crippen molar-refractivity contribution < 1.29 is 28.2 Å². The summed E-state index contributed by atoms with van der Waals surface area (Å²) in [5.74, 6) is -4.20. The standard InChI is InChI=1S/C12H13F2NO4/c1-19-10(17)3-2-4-15-12(18)11-8(14)5-7(13)6-9(11)16/h5-6,16H,2-4H2,1H3,(H,15,18). The van der Waals surface area contributed by atoms with Crippen LogP contribution in [0.2, 0.25) is 0 Å². The number of benzene rings is 1. The van der Waals surface area contributed by atoms with Crippen LogP contribution in [0, 0.1) is 11.6 Å². The van der Waals surface area contributed by atoms with E-state index in [1.807, 2.05) is 0 Å². The second kappa shape index (κ2) is 6.67. The monoisotopic (exact) mass is 273 g/mol. The zero-order chi connectivity index (χ0) is 14.4. The molecule has 1 aromatic rings. The molecule has 0 atom stereocenters. The van der Waals surface area contributed by atoms with Gasteiger partial charge in [-0.3, -0.25) is 9.59 Å². The Bertz CT molecular complexity index is 468. The van der Waals surface area contributed by atoms with Crippen molar-refractivity contribution in [2.75, 3.05) is 13.7 Å². The van der Waals surface area contributed by atoms with Crippen LogP contribution in [0.25, 0.3) is 0 Å². The van der Waals surface area contributed by atoms with Crippen LogP contribution >= 0.6 is 0 Å². The summed E-state index contributed by atoms with van der Waals surface area (Å²) in [5.41, 5.74) is -0.625. The van der Waals surface area contributed by atoms with Crippen molar-refractivity contribution in [1.29, 1.82) is 0 Å². The van der Waals surface area contributed by atoms with Crippen molar-refractivity contribution in [3.8, 4) is 5.75 Å². The van der Waals surface area contributed by atoms with Gasteiger partial charge in [0.05, 0.1) is 7.11 Å². The Morgan fingerprint density at radius 1 is 1.37 bits per heavy atom. The third kappa shape index (κ3) is 4.20. The van der Waals surface area contributed by atoms with Crippen LogP contribution in [0.15, 0.2) is 12.1 Å². The molecule has 1 aromatic carbocycles. The van der Waals surface area contributed by atoms with Crippen molar-refractivity contribution in [1.82, 2.24) is 5.32 Å². The Kier molecular flexibility index (Phi) is 5.23. The summed E-state index contributed by atoms with van der Waals surface area (Å²) < 4.78 is 30.4. The Hall–Kier alpha value is -2.18.